The average molecular weight is 227 g/mol. The van der Waals surface area contributed by atoms with Gasteiger partial charge in [-0.05, 0) is 0 Å². The predicted octanol–water partition coefficient (Wildman–Crippen LogP) is -4.34. The summed E-state index contributed by atoms with van der Waals surface area (Å²) in [5.41, 5.74) is 0. The van der Waals surface area contributed by atoms with Crippen LogP contribution in [0.1, 0.15) is 0 Å². The molecule has 0 unspecified atom stereocenters. The van der Waals surface area contributed by atoms with E-state index in [1.165, 1.54) is 0 Å². The van der Waals surface area contributed by atoms with E-state index in [4.69, 9.17) is 17.5 Å². The standard InChI is InChI=1S/FH.2Fe.H2O4S/c;;;1-5(2,3)4/h1H;;;(H2,1,2,3,4)/q;2*+2;/p-3. The summed E-state index contributed by atoms with van der Waals surface area (Å²) < 4.78 is 34.1. The van der Waals surface area contributed by atoms with Crippen LogP contribution in [0.25, 0.3) is 0 Å². The second-order valence-electron chi connectivity index (χ2n) is 0.408. The molecule has 0 aliphatic rings. The van der Waals surface area contributed by atoms with Crippen LogP contribution < -0.4 is 4.70 Å². The van der Waals surface area contributed by atoms with E-state index >= 15 is 0 Å². The smallest absolute Gasteiger partial charge is 1.00 e. The summed E-state index contributed by atoms with van der Waals surface area (Å²) in [6.45, 7) is 0. The van der Waals surface area contributed by atoms with E-state index in [1.807, 2.05) is 0 Å². The Hall–Kier alpha value is 0.839. The zero-order chi connectivity index (χ0) is 4.50. The number of hydrogen-bond donors (Lipinski definition) is 0. The maximum absolute atomic E-state index is 8.52. The van der Waals surface area contributed by atoms with E-state index in [9.17, 15) is 0 Å². The molecule has 0 bridgehead atoms. The summed E-state index contributed by atoms with van der Waals surface area (Å²) >= 11 is 0. The van der Waals surface area contributed by atoms with Gasteiger partial charge in [0.15, 0.2) is 0 Å². The number of halogens is 1. The van der Waals surface area contributed by atoms with Gasteiger partial charge in [0.25, 0.3) is 0 Å². The van der Waals surface area contributed by atoms with Crippen molar-refractivity contribution in [3.05, 3.63) is 0 Å². The van der Waals surface area contributed by atoms with Crippen molar-refractivity contribution >= 4 is 10.4 Å². The molecule has 0 spiro atoms. The van der Waals surface area contributed by atoms with Gasteiger partial charge in [-0.3, -0.25) is 8.42 Å². The van der Waals surface area contributed by atoms with Gasteiger partial charge < -0.3 is 13.8 Å². The van der Waals surface area contributed by atoms with Crippen LogP contribution in [-0.2, 0) is 44.5 Å². The summed E-state index contributed by atoms with van der Waals surface area (Å²) in [4.78, 5) is 0. The molecule has 0 atom stereocenters. The molecule has 0 aliphatic carbocycles. The van der Waals surface area contributed by atoms with Crippen molar-refractivity contribution in [1.29, 1.82) is 0 Å². The largest absolute Gasteiger partial charge is 2.00 e. The van der Waals surface area contributed by atoms with Gasteiger partial charge in [0.1, 0.15) is 0 Å². The molecule has 0 fully saturated rings. The van der Waals surface area contributed by atoms with Crippen LogP contribution in [0.3, 0.4) is 0 Å². The topological polar surface area (TPSA) is 80.3 Å². The van der Waals surface area contributed by atoms with Crippen LogP contribution in [-0.4, -0.2) is 17.5 Å². The third kappa shape index (κ3) is 331. The minimum atomic E-state index is -5.17. The zero-order valence-corrected chi connectivity index (χ0v) is 6.15. The van der Waals surface area contributed by atoms with Crippen LogP contribution in [0.2, 0.25) is 0 Å². The second-order valence-corrected chi connectivity index (χ2v) is 1.22. The quantitative estimate of drug-likeness (QED) is 0.238. The van der Waals surface area contributed by atoms with E-state index < -0.39 is 10.4 Å². The summed E-state index contributed by atoms with van der Waals surface area (Å²) in [6, 6.07) is 0. The fourth-order valence-electron chi connectivity index (χ4n) is 0. The SMILES string of the molecule is O=S(=O)([O-])[O-].[F-].[Fe+2].[Fe+2]. The molecule has 0 N–H and O–H groups in total. The Morgan fingerprint density at radius 1 is 1.00 bits per heavy atom. The van der Waals surface area contributed by atoms with E-state index in [0.29, 0.717) is 0 Å². The van der Waals surface area contributed by atoms with Crippen molar-refractivity contribution in [2.75, 3.05) is 0 Å². The predicted molar refractivity (Wildman–Crippen MR) is 10.5 cm³/mol. The molecule has 0 heterocycles. The zero-order valence-electron chi connectivity index (χ0n) is 3.13. The maximum atomic E-state index is 8.52. The minimum absolute atomic E-state index is 0. The van der Waals surface area contributed by atoms with Crippen molar-refractivity contribution in [2.24, 2.45) is 0 Å². The van der Waals surface area contributed by atoms with Crippen LogP contribution in [0.4, 0.5) is 0 Å². The molecular formula is FFe2O4S+. The Morgan fingerprint density at radius 3 is 1.00 bits per heavy atom. The van der Waals surface area contributed by atoms with Gasteiger partial charge in [-0.15, -0.1) is 0 Å². The van der Waals surface area contributed by atoms with E-state index in [1.54, 1.807) is 0 Å². The molecule has 0 rings (SSSR count). The fourth-order valence-corrected chi connectivity index (χ4v) is 0. The molecule has 0 aromatic rings. The molecule has 0 saturated heterocycles. The van der Waals surface area contributed by atoms with Crippen LogP contribution >= 0.6 is 0 Å². The molecule has 0 amide bonds. The molecular weight excluding hydrogens is 227 g/mol. The Bertz CT molecular complexity index is 97.2. The van der Waals surface area contributed by atoms with Gasteiger partial charge >= 0.3 is 34.1 Å². The Kier molecular flexibility index (Phi) is 22.7. The normalized spacial score (nSPS) is 7.25. The van der Waals surface area contributed by atoms with E-state index in [0.717, 1.165) is 0 Å². The molecule has 0 aromatic heterocycles. The van der Waals surface area contributed by atoms with Crippen molar-refractivity contribution in [3.8, 4) is 0 Å². The van der Waals surface area contributed by atoms with Crippen molar-refractivity contribution < 1.29 is 56.4 Å². The molecule has 8 heavy (non-hydrogen) atoms. The summed E-state index contributed by atoms with van der Waals surface area (Å²) in [6.07, 6.45) is 0. The third-order valence-electron chi connectivity index (χ3n) is 0. The van der Waals surface area contributed by atoms with Gasteiger partial charge in [0.05, 0.1) is 0 Å². The third-order valence-corrected chi connectivity index (χ3v) is 0. The van der Waals surface area contributed by atoms with Crippen molar-refractivity contribution in [1.82, 2.24) is 0 Å². The average Bonchev–Trinajstić information content (AvgIpc) is 0.722. The Labute approximate surface area is 66.9 Å². The second kappa shape index (κ2) is 7.84. The van der Waals surface area contributed by atoms with Gasteiger partial charge in [0, 0.05) is 10.4 Å². The molecule has 0 aromatic carbocycles. The summed E-state index contributed by atoms with van der Waals surface area (Å²) in [5, 5.41) is 0. The molecule has 8 heteroatoms. The molecule has 0 aliphatic heterocycles. The van der Waals surface area contributed by atoms with Crippen LogP contribution in [0.5, 0.6) is 0 Å². The van der Waals surface area contributed by atoms with Gasteiger partial charge in [-0.1, -0.05) is 0 Å². The molecule has 4 nitrogen and oxygen atoms in total. The molecule has 0 saturated carbocycles. The minimum Gasteiger partial charge on any atom is -1.00 e. The number of rotatable bonds is 0. The molecule has 0 radical (unpaired) electrons. The van der Waals surface area contributed by atoms with Crippen molar-refractivity contribution in [2.45, 2.75) is 0 Å². The summed E-state index contributed by atoms with van der Waals surface area (Å²) in [7, 11) is -5.17. The maximum Gasteiger partial charge on any atom is 2.00 e. The first-order chi connectivity index (χ1) is 2.00. The first-order valence-corrected chi connectivity index (χ1v) is 2.00. The first kappa shape index (κ1) is 23.2. The van der Waals surface area contributed by atoms with Crippen LogP contribution in [0.15, 0.2) is 0 Å². The first-order valence-electron chi connectivity index (χ1n) is 0.667. The van der Waals surface area contributed by atoms with E-state index in [-0.39, 0.29) is 38.8 Å². The molecule has 52 valence electrons. The Morgan fingerprint density at radius 2 is 1.00 bits per heavy atom. The summed E-state index contributed by atoms with van der Waals surface area (Å²) in [5.74, 6) is 0. The monoisotopic (exact) mass is 227 g/mol. The Balaban J connectivity index is -0.0000000267. The fraction of sp³-hybridized carbons (Fsp3) is 0. The number of hydrogen-bond acceptors (Lipinski definition) is 4. The van der Waals surface area contributed by atoms with E-state index in [2.05, 4.69) is 0 Å². The van der Waals surface area contributed by atoms with Gasteiger partial charge in [-0.2, -0.15) is 0 Å². The van der Waals surface area contributed by atoms with Gasteiger partial charge in [-0.25, -0.2) is 0 Å². The van der Waals surface area contributed by atoms with Crippen LogP contribution in [0, 0.1) is 0 Å². The van der Waals surface area contributed by atoms with Crippen molar-refractivity contribution in [3.63, 3.8) is 0 Å². The van der Waals surface area contributed by atoms with Gasteiger partial charge in [0.2, 0.25) is 0 Å².